The van der Waals surface area contributed by atoms with Gasteiger partial charge in [-0.3, -0.25) is 4.79 Å². The minimum absolute atomic E-state index is 0.0450. The number of benzene rings is 1. The van der Waals surface area contributed by atoms with Gasteiger partial charge in [-0.2, -0.15) is 0 Å². The number of rotatable bonds is 2. The van der Waals surface area contributed by atoms with Gasteiger partial charge in [-0.05, 0) is 24.6 Å². The number of hydrogen-bond donors (Lipinski definition) is 2. The molecule has 0 spiro atoms. The first-order valence-corrected chi connectivity index (χ1v) is 6.96. The van der Waals surface area contributed by atoms with Crippen LogP contribution in [-0.2, 0) is 4.74 Å². The van der Waals surface area contributed by atoms with Gasteiger partial charge in [0.05, 0.1) is 18.3 Å². The smallest absolute Gasteiger partial charge is 0.256 e. The number of H-pyrrole nitrogens is 1. The van der Waals surface area contributed by atoms with Crippen LogP contribution < -0.4 is 5.73 Å². The maximum atomic E-state index is 12.7. The minimum atomic E-state index is 0.0450. The summed E-state index contributed by atoms with van der Waals surface area (Å²) < 4.78 is 5.61. The molecule has 5 heteroatoms. The molecule has 5 nitrogen and oxygen atoms in total. The van der Waals surface area contributed by atoms with Crippen molar-refractivity contribution in [3.05, 3.63) is 30.0 Å². The van der Waals surface area contributed by atoms with Crippen LogP contribution in [0.25, 0.3) is 10.9 Å². The Balaban J connectivity index is 1.90. The second-order valence-electron chi connectivity index (χ2n) is 5.16. The second-order valence-corrected chi connectivity index (χ2v) is 5.16. The summed E-state index contributed by atoms with van der Waals surface area (Å²) >= 11 is 0. The number of nitrogens with zero attached hydrogens (tertiary/aromatic N) is 1. The molecule has 0 aliphatic carbocycles. The number of carbonyl (C=O) groups excluding carboxylic acids is 1. The number of nitrogens with two attached hydrogens (primary N) is 1. The average Bonchev–Trinajstić information content (AvgIpc) is 2.89. The summed E-state index contributed by atoms with van der Waals surface area (Å²) in [5, 5.41) is 0.884. The number of morpholine rings is 1. The van der Waals surface area contributed by atoms with Crippen LogP contribution in [0.5, 0.6) is 0 Å². The molecule has 1 aromatic heterocycles. The van der Waals surface area contributed by atoms with Crippen molar-refractivity contribution in [2.45, 2.75) is 19.4 Å². The SMILES string of the molecule is CCC1CN(C(=O)c2c[nH]c3ccc(N)cc23)CCO1. The van der Waals surface area contributed by atoms with Crippen molar-refractivity contribution in [3.8, 4) is 0 Å². The number of ether oxygens (including phenoxy) is 1. The number of nitrogen functional groups attached to an aromatic ring is 1. The summed E-state index contributed by atoms with van der Waals surface area (Å²) in [5.41, 5.74) is 8.10. The van der Waals surface area contributed by atoms with E-state index in [0.29, 0.717) is 30.9 Å². The Hall–Kier alpha value is -2.01. The number of amides is 1. The summed E-state index contributed by atoms with van der Waals surface area (Å²) in [6.45, 7) is 3.98. The fourth-order valence-corrected chi connectivity index (χ4v) is 2.64. The predicted molar refractivity (Wildman–Crippen MR) is 78.6 cm³/mol. The highest BCUT2D eigenvalue weighted by atomic mass is 16.5. The average molecular weight is 273 g/mol. The van der Waals surface area contributed by atoms with E-state index < -0.39 is 0 Å². The Morgan fingerprint density at radius 1 is 1.55 bits per heavy atom. The van der Waals surface area contributed by atoms with Gasteiger partial charge in [0.15, 0.2) is 0 Å². The summed E-state index contributed by atoms with van der Waals surface area (Å²) in [7, 11) is 0. The van der Waals surface area contributed by atoms with E-state index in [0.717, 1.165) is 17.3 Å². The van der Waals surface area contributed by atoms with E-state index in [2.05, 4.69) is 11.9 Å². The number of carbonyl (C=O) groups is 1. The number of aromatic nitrogens is 1. The highest BCUT2D eigenvalue weighted by molar-refractivity contribution is 6.07. The van der Waals surface area contributed by atoms with Gasteiger partial charge >= 0.3 is 0 Å². The molecule has 0 saturated carbocycles. The largest absolute Gasteiger partial charge is 0.399 e. The van der Waals surface area contributed by atoms with Crippen LogP contribution in [0.15, 0.2) is 24.4 Å². The molecule has 1 aliphatic rings. The van der Waals surface area contributed by atoms with Crippen molar-refractivity contribution in [2.24, 2.45) is 0 Å². The first kappa shape index (κ1) is 13.0. The topological polar surface area (TPSA) is 71.4 Å². The molecular weight excluding hydrogens is 254 g/mol. The molecule has 1 fully saturated rings. The molecule has 1 aliphatic heterocycles. The van der Waals surface area contributed by atoms with Crippen LogP contribution in [0, 0.1) is 0 Å². The molecule has 2 heterocycles. The zero-order valence-electron chi connectivity index (χ0n) is 11.6. The molecule has 20 heavy (non-hydrogen) atoms. The molecular formula is C15H19N3O2. The highest BCUT2D eigenvalue weighted by Crippen LogP contribution is 2.23. The van der Waals surface area contributed by atoms with E-state index in [1.807, 2.05) is 23.1 Å². The summed E-state index contributed by atoms with van der Waals surface area (Å²) in [6.07, 6.45) is 2.83. The maximum Gasteiger partial charge on any atom is 0.256 e. The molecule has 2 aromatic rings. The van der Waals surface area contributed by atoms with Crippen LogP contribution in [0.1, 0.15) is 23.7 Å². The molecule has 1 atom stereocenters. The first-order chi connectivity index (χ1) is 9.69. The number of anilines is 1. The second kappa shape index (κ2) is 5.17. The quantitative estimate of drug-likeness (QED) is 0.822. The lowest BCUT2D eigenvalue weighted by Crippen LogP contribution is -2.45. The van der Waals surface area contributed by atoms with Gasteiger partial charge in [0.25, 0.3) is 5.91 Å². The van der Waals surface area contributed by atoms with Crippen LogP contribution >= 0.6 is 0 Å². The van der Waals surface area contributed by atoms with E-state index in [1.54, 1.807) is 6.20 Å². The molecule has 1 aromatic carbocycles. The van der Waals surface area contributed by atoms with E-state index in [9.17, 15) is 4.79 Å². The van der Waals surface area contributed by atoms with Gasteiger partial charge in [0.2, 0.25) is 0 Å². The fraction of sp³-hybridized carbons (Fsp3) is 0.400. The Morgan fingerprint density at radius 2 is 2.40 bits per heavy atom. The highest BCUT2D eigenvalue weighted by Gasteiger charge is 2.25. The maximum absolute atomic E-state index is 12.7. The van der Waals surface area contributed by atoms with Gasteiger partial charge in [0.1, 0.15) is 0 Å². The molecule has 1 amide bonds. The first-order valence-electron chi connectivity index (χ1n) is 6.96. The molecule has 1 unspecified atom stereocenters. The lowest BCUT2D eigenvalue weighted by atomic mass is 10.1. The van der Waals surface area contributed by atoms with Crippen molar-refractivity contribution in [3.63, 3.8) is 0 Å². The van der Waals surface area contributed by atoms with Gasteiger partial charge in [-0.1, -0.05) is 6.92 Å². The van der Waals surface area contributed by atoms with Crippen LogP contribution in [0.3, 0.4) is 0 Å². The Morgan fingerprint density at radius 3 is 3.20 bits per heavy atom. The number of hydrogen-bond acceptors (Lipinski definition) is 3. The normalized spacial score (nSPS) is 19.4. The number of aromatic amines is 1. The zero-order valence-corrected chi connectivity index (χ0v) is 11.6. The molecule has 0 radical (unpaired) electrons. The molecule has 3 N–H and O–H groups in total. The standard InChI is InChI=1S/C15H19N3O2/c1-2-11-9-18(5-6-20-11)15(19)13-8-17-14-4-3-10(16)7-12(13)14/h3-4,7-8,11,17H,2,5-6,9,16H2,1H3. The van der Waals surface area contributed by atoms with Crippen molar-refractivity contribution in [1.29, 1.82) is 0 Å². The van der Waals surface area contributed by atoms with E-state index in [-0.39, 0.29) is 12.0 Å². The Kier molecular flexibility index (Phi) is 3.36. The van der Waals surface area contributed by atoms with Crippen LogP contribution in [0.4, 0.5) is 5.69 Å². The van der Waals surface area contributed by atoms with Crippen molar-refractivity contribution >= 4 is 22.5 Å². The van der Waals surface area contributed by atoms with E-state index >= 15 is 0 Å². The number of nitrogens with one attached hydrogen (secondary N) is 1. The lowest BCUT2D eigenvalue weighted by Gasteiger charge is -2.32. The fourth-order valence-electron chi connectivity index (χ4n) is 2.64. The minimum Gasteiger partial charge on any atom is -0.399 e. The van der Waals surface area contributed by atoms with Crippen molar-refractivity contribution in [2.75, 3.05) is 25.4 Å². The van der Waals surface area contributed by atoms with Crippen LogP contribution in [0.2, 0.25) is 0 Å². The third kappa shape index (κ3) is 2.25. The third-order valence-electron chi connectivity index (χ3n) is 3.82. The van der Waals surface area contributed by atoms with Gasteiger partial charge in [-0.25, -0.2) is 0 Å². The van der Waals surface area contributed by atoms with Gasteiger partial charge in [-0.15, -0.1) is 0 Å². The monoisotopic (exact) mass is 273 g/mol. The summed E-state index contributed by atoms with van der Waals surface area (Å²) in [5.74, 6) is 0.0450. The van der Waals surface area contributed by atoms with Crippen LogP contribution in [-0.4, -0.2) is 41.6 Å². The van der Waals surface area contributed by atoms with Crippen molar-refractivity contribution in [1.82, 2.24) is 9.88 Å². The predicted octanol–water partition coefficient (Wildman–Crippen LogP) is 2.00. The van der Waals surface area contributed by atoms with E-state index in [1.165, 1.54) is 0 Å². The Bertz CT molecular complexity index is 635. The van der Waals surface area contributed by atoms with Crippen molar-refractivity contribution < 1.29 is 9.53 Å². The van der Waals surface area contributed by atoms with E-state index in [4.69, 9.17) is 10.5 Å². The number of fused-ring (bicyclic) bond motifs is 1. The molecule has 3 rings (SSSR count). The van der Waals surface area contributed by atoms with Gasteiger partial charge in [0, 0.05) is 35.9 Å². The van der Waals surface area contributed by atoms with Gasteiger partial charge < -0.3 is 20.4 Å². The summed E-state index contributed by atoms with van der Waals surface area (Å²) in [4.78, 5) is 17.6. The lowest BCUT2D eigenvalue weighted by molar-refractivity contribution is -0.0225. The molecule has 106 valence electrons. The third-order valence-corrected chi connectivity index (χ3v) is 3.82. The summed E-state index contributed by atoms with van der Waals surface area (Å²) in [6, 6.07) is 5.57. The Labute approximate surface area is 117 Å². The molecule has 1 saturated heterocycles. The molecule has 0 bridgehead atoms. The zero-order chi connectivity index (χ0) is 14.1.